The summed E-state index contributed by atoms with van der Waals surface area (Å²) < 4.78 is 7.58. The molecule has 1 saturated carbocycles. The number of hydrogen-bond donors (Lipinski definition) is 1. The molecule has 0 saturated heterocycles. The number of ether oxygens (including phenoxy) is 1. The van der Waals surface area contributed by atoms with Gasteiger partial charge < -0.3 is 10.1 Å². The normalized spacial score (nSPS) is 16.6. The Morgan fingerprint density at radius 2 is 2.30 bits per heavy atom. The van der Waals surface area contributed by atoms with Crippen LogP contribution in [0.3, 0.4) is 0 Å². The van der Waals surface area contributed by atoms with Crippen LogP contribution in [0.5, 0.6) is 5.75 Å². The second kappa shape index (κ2) is 5.89. The first-order valence-electron chi connectivity index (χ1n) is 7.97. The van der Waals surface area contributed by atoms with E-state index < -0.39 is 0 Å². The van der Waals surface area contributed by atoms with Gasteiger partial charge in [-0.25, -0.2) is 0 Å². The Kier molecular flexibility index (Phi) is 3.73. The number of carbonyl (C=O) groups excluding carboxylic acids is 1. The quantitative estimate of drug-likeness (QED) is 0.934. The fraction of sp³-hybridized carbons (Fsp3) is 0.412. The molecule has 1 amide bonds. The summed E-state index contributed by atoms with van der Waals surface area (Å²) in [5.41, 5.74) is 2.66. The molecule has 1 aromatic carbocycles. The maximum absolute atomic E-state index is 12.3. The first-order valence-corrected chi connectivity index (χ1v) is 8.35. The minimum absolute atomic E-state index is 0.0851. The average Bonchev–Trinajstić information content (AvgIpc) is 3.06. The number of anilines is 1. The molecule has 1 aromatic heterocycles. The van der Waals surface area contributed by atoms with Crippen LogP contribution in [-0.2, 0) is 17.6 Å². The minimum atomic E-state index is -0.0851. The molecular weight excluding hydrogens is 314 g/mol. The van der Waals surface area contributed by atoms with Crippen molar-refractivity contribution in [2.45, 2.75) is 38.1 Å². The Labute approximate surface area is 139 Å². The number of nitrogens with one attached hydrogen (secondary N) is 1. The minimum Gasteiger partial charge on any atom is -0.493 e. The van der Waals surface area contributed by atoms with Crippen molar-refractivity contribution in [1.29, 1.82) is 0 Å². The maximum Gasteiger partial charge on any atom is 0.229 e. The van der Waals surface area contributed by atoms with Crippen molar-refractivity contribution < 1.29 is 9.53 Å². The number of nitrogens with zero attached hydrogens (tertiary/aromatic N) is 2. The number of rotatable bonds is 4. The van der Waals surface area contributed by atoms with E-state index in [1.54, 1.807) is 6.20 Å². The van der Waals surface area contributed by atoms with Crippen molar-refractivity contribution in [2.24, 2.45) is 0 Å². The van der Waals surface area contributed by atoms with Crippen molar-refractivity contribution in [3.63, 3.8) is 0 Å². The van der Waals surface area contributed by atoms with Gasteiger partial charge in [-0.05, 0) is 37.0 Å². The van der Waals surface area contributed by atoms with E-state index >= 15 is 0 Å². The largest absolute Gasteiger partial charge is 0.493 e. The van der Waals surface area contributed by atoms with Crippen LogP contribution in [0.2, 0.25) is 5.02 Å². The lowest BCUT2D eigenvalue weighted by Gasteiger charge is -2.25. The number of fused-ring (bicyclic) bond motifs is 1. The Morgan fingerprint density at radius 1 is 1.43 bits per heavy atom. The fourth-order valence-corrected chi connectivity index (χ4v) is 3.37. The third-order valence-electron chi connectivity index (χ3n) is 4.51. The molecule has 4 rings (SSSR count). The lowest BCUT2D eigenvalue weighted by atomic mass is 9.93. The highest BCUT2D eigenvalue weighted by molar-refractivity contribution is 6.30. The summed E-state index contributed by atoms with van der Waals surface area (Å²) in [5, 5.41) is 7.88. The number of carbonyl (C=O) groups is 1. The zero-order valence-electron chi connectivity index (χ0n) is 12.7. The Morgan fingerprint density at radius 3 is 3.09 bits per heavy atom. The van der Waals surface area contributed by atoms with E-state index in [1.807, 2.05) is 23.0 Å². The molecule has 5 nitrogen and oxygen atoms in total. The standard InChI is InChI=1S/C17H18ClN3O2/c18-13-6-11-4-5-23-17(11)12(7-13)8-16(22)20-14-9-19-21(10-14)15-2-1-3-15/h6-7,9-10,15H,1-5,8H2,(H,20,22). The van der Waals surface area contributed by atoms with Crippen LogP contribution < -0.4 is 10.1 Å². The van der Waals surface area contributed by atoms with E-state index in [0.717, 1.165) is 29.0 Å². The summed E-state index contributed by atoms with van der Waals surface area (Å²) >= 11 is 6.13. The zero-order valence-corrected chi connectivity index (χ0v) is 13.5. The molecule has 0 radical (unpaired) electrons. The van der Waals surface area contributed by atoms with Crippen LogP contribution in [0.15, 0.2) is 24.5 Å². The highest BCUT2D eigenvalue weighted by atomic mass is 35.5. The zero-order chi connectivity index (χ0) is 15.8. The highest BCUT2D eigenvalue weighted by Crippen LogP contribution is 2.33. The van der Waals surface area contributed by atoms with Gasteiger partial charge >= 0.3 is 0 Å². The van der Waals surface area contributed by atoms with Gasteiger partial charge in [0, 0.05) is 23.2 Å². The summed E-state index contributed by atoms with van der Waals surface area (Å²) in [4.78, 5) is 12.3. The van der Waals surface area contributed by atoms with Crippen LogP contribution >= 0.6 is 11.6 Å². The third-order valence-corrected chi connectivity index (χ3v) is 4.73. The van der Waals surface area contributed by atoms with Crippen molar-refractivity contribution in [3.8, 4) is 5.75 Å². The molecule has 0 unspecified atom stereocenters. The van der Waals surface area contributed by atoms with Crippen molar-refractivity contribution in [3.05, 3.63) is 40.7 Å². The molecule has 120 valence electrons. The highest BCUT2D eigenvalue weighted by Gasteiger charge is 2.21. The lowest BCUT2D eigenvalue weighted by molar-refractivity contribution is -0.115. The van der Waals surface area contributed by atoms with Crippen molar-refractivity contribution >= 4 is 23.2 Å². The van der Waals surface area contributed by atoms with Gasteiger partial charge in [-0.3, -0.25) is 9.48 Å². The number of amides is 1. The van der Waals surface area contributed by atoms with E-state index in [-0.39, 0.29) is 12.3 Å². The van der Waals surface area contributed by atoms with Gasteiger partial charge in [-0.1, -0.05) is 11.6 Å². The predicted molar refractivity (Wildman–Crippen MR) is 88.1 cm³/mol. The molecule has 2 heterocycles. The summed E-state index contributed by atoms with van der Waals surface area (Å²) in [5.74, 6) is 0.729. The summed E-state index contributed by atoms with van der Waals surface area (Å²) in [6.07, 6.45) is 8.29. The molecule has 0 bridgehead atoms. The average molecular weight is 332 g/mol. The molecule has 6 heteroatoms. The van der Waals surface area contributed by atoms with E-state index in [4.69, 9.17) is 16.3 Å². The summed E-state index contributed by atoms with van der Waals surface area (Å²) in [6, 6.07) is 4.21. The van der Waals surface area contributed by atoms with E-state index in [0.29, 0.717) is 17.7 Å². The molecular formula is C17H18ClN3O2. The predicted octanol–water partition coefficient (Wildman–Crippen LogP) is 3.38. The Bertz CT molecular complexity index is 752. The molecule has 2 aromatic rings. The fourth-order valence-electron chi connectivity index (χ4n) is 3.11. The number of hydrogen-bond acceptors (Lipinski definition) is 3. The maximum atomic E-state index is 12.3. The van der Waals surface area contributed by atoms with Crippen molar-refractivity contribution in [1.82, 2.24) is 9.78 Å². The van der Waals surface area contributed by atoms with Gasteiger partial charge in [-0.15, -0.1) is 0 Å². The van der Waals surface area contributed by atoms with Crippen LogP contribution in [0.25, 0.3) is 0 Å². The van der Waals surface area contributed by atoms with Gasteiger partial charge in [0.15, 0.2) is 0 Å². The SMILES string of the molecule is O=C(Cc1cc(Cl)cc2c1OCC2)Nc1cnn(C2CCC2)c1. The van der Waals surface area contributed by atoms with Crippen LogP contribution in [0.1, 0.15) is 36.4 Å². The number of benzene rings is 1. The monoisotopic (exact) mass is 331 g/mol. The van der Waals surface area contributed by atoms with Gasteiger partial charge in [-0.2, -0.15) is 5.10 Å². The Balaban J connectivity index is 1.45. The molecule has 23 heavy (non-hydrogen) atoms. The molecule has 2 aliphatic rings. The second-order valence-electron chi connectivity index (χ2n) is 6.17. The summed E-state index contributed by atoms with van der Waals surface area (Å²) in [6.45, 7) is 0.651. The second-order valence-corrected chi connectivity index (χ2v) is 6.61. The molecule has 1 aliphatic heterocycles. The molecule has 1 aliphatic carbocycles. The lowest BCUT2D eigenvalue weighted by Crippen LogP contribution is -2.17. The van der Waals surface area contributed by atoms with E-state index in [9.17, 15) is 4.79 Å². The van der Waals surface area contributed by atoms with Gasteiger partial charge in [0.05, 0.1) is 31.0 Å². The van der Waals surface area contributed by atoms with Gasteiger partial charge in [0.25, 0.3) is 0 Å². The molecule has 1 N–H and O–H groups in total. The smallest absolute Gasteiger partial charge is 0.229 e. The summed E-state index contributed by atoms with van der Waals surface area (Å²) in [7, 11) is 0. The topological polar surface area (TPSA) is 56.1 Å². The van der Waals surface area contributed by atoms with Crippen molar-refractivity contribution in [2.75, 3.05) is 11.9 Å². The number of aromatic nitrogens is 2. The van der Waals surface area contributed by atoms with Gasteiger partial charge in [0.2, 0.25) is 5.91 Å². The van der Waals surface area contributed by atoms with Crippen LogP contribution in [0.4, 0.5) is 5.69 Å². The molecule has 0 spiro atoms. The van der Waals surface area contributed by atoms with Gasteiger partial charge in [0.1, 0.15) is 5.75 Å². The first-order chi connectivity index (χ1) is 11.2. The number of halogens is 1. The first kappa shape index (κ1) is 14.6. The van der Waals surface area contributed by atoms with Crippen LogP contribution in [-0.4, -0.2) is 22.3 Å². The van der Waals surface area contributed by atoms with Crippen LogP contribution in [0, 0.1) is 0 Å². The van der Waals surface area contributed by atoms with E-state index in [2.05, 4.69) is 10.4 Å². The Hall–Kier alpha value is -2.01. The van der Waals surface area contributed by atoms with E-state index in [1.165, 1.54) is 19.3 Å². The molecule has 0 atom stereocenters. The molecule has 1 fully saturated rings. The third kappa shape index (κ3) is 2.93.